The molecule has 0 spiro atoms. The van der Waals surface area contributed by atoms with Crippen molar-refractivity contribution in [2.75, 3.05) is 18.6 Å². The largest absolute Gasteiger partial charge is 0.497 e. The Morgan fingerprint density at radius 1 is 1.15 bits per heavy atom. The van der Waals surface area contributed by atoms with Crippen LogP contribution >= 0.6 is 11.6 Å². The molecule has 132 valence electrons. The summed E-state index contributed by atoms with van der Waals surface area (Å²) >= 11 is 6.11. The number of aromatic nitrogens is 3. The van der Waals surface area contributed by atoms with E-state index in [9.17, 15) is 0 Å². The third-order valence-electron chi connectivity index (χ3n) is 4.66. The molecule has 1 atom stereocenters. The maximum Gasteiger partial charge on any atom is 0.246 e. The van der Waals surface area contributed by atoms with E-state index < -0.39 is 0 Å². The van der Waals surface area contributed by atoms with E-state index in [2.05, 4.69) is 27.2 Å². The minimum atomic E-state index is 0.224. The van der Waals surface area contributed by atoms with E-state index in [4.69, 9.17) is 21.3 Å². The molecule has 2 aromatic carbocycles. The van der Waals surface area contributed by atoms with Gasteiger partial charge in [-0.15, -0.1) is 5.10 Å². The van der Waals surface area contributed by atoms with Crippen LogP contribution in [0.1, 0.15) is 24.4 Å². The first-order chi connectivity index (χ1) is 12.7. The van der Waals surface area contributed by atoms with E-state index in [0.717, 1.165) is 36.4 Å². The molecule has 0 amide bonds. The number of hydrogen-bond acceptors (Lipinski definition) is 5. The Morgan fingerprint density at radius 2 is 2.04 bits per heavy atom. The molecule has 5 nitrogen and oxygen atoms in total. The van der Waals surface area contributed by atoms with Gasteiger partial charge in [0, 0.05) is 17.1 Å². The smallest absolute Gasteiger partial charge is 0.246 e. The molecule has 0 radical (unpaired) electrons. The van der Waals surface area contributed by atoms with Gasteiger partial charge in [0.05, 0.1) is 25.0 Å². The average Bonchev–Trinajstić information content (AvgIpc) is 3.18. The summed E-state index contributed by atoms with van der Waals surface area (Å²) < 4.78 is 5.37. The summed E-state index contributed by atoms with van der Waals surface area (Å²) in [5.74, 6) is 1.51. The summed E-state index contributed by atoms with van der Waals surface area (Å²) in [4.78, 5) is 6.96. The third-order valence-corrected chi connectivity index (χ3v) is 4.89. The summed E-state index contributed by atoms with van der Waals surface area (Å²) in [6, 6.07) is 16.0. The predicted molar refractivity (Wildman–Crippen MR) is 103 cm³/mol. The quantitative estimate of drug-likeness (QED) is 0.678. The van der Waals surface area contributed by atoms with Gasteiger partial charge in [-0.2, -0.15) is 5.10 Å². The molecule has 1 aromatic heterocycles. The van der Waals surface area contributed by atoms with Gasteiger partial charge in [0.25, 0.3) is 0 Å². The van der Waals surface area contributed by atoms with Crippen molar-refractivity contribution in [3.63, 3.8) is 0 Å². The summed E-state index contributed by atoms with van der Waals surface area (Å²) in [5, 5.41) is 9.14. The number of anilines is 1. The van der Waals surface area contributed by atoms with E-state index in [-0.39, 0.29) is 6.04 Å². The van der Waals surface area contributed by atoms with Crippen molar-refractivity contribution in [2.45, 2.75) is 18.9 Å². The highest BCUT2D eigenvalue weighted by molar-refractivity contribution is 6.30. The van der Waals surface area contributed by atoms with Crippen molar-refractivity contribution in [3.05, 3.63) is 65.3 Å². The van der Waals surface area contributed by atoms with Crippen LogP contribution in [-0.2, 0) is 0 Å². The first-order valence-electron chi connectivity index (χ1n) is 8.61. The number of ether oxygens (including phenoxy) is 1. The highest BCUT2D eigenvalue weighted by Gasteiger charge is 2.28. The van der Waals surface area contributed by atoms with E-state index in [1.54, 1.807) is 13.3 Å². The second-order valence-electron chi connectivity index (χ2n) is 6.28. The van der Waals surface area contributed by atoms with Gasteiger partial charge in [-0.25, -0.2) is 4.98 Å². The van der Waals surface area contributed by atoms with Crippen LogP contribution in [0.5, 0.6) is 5.75 Å². The topological polar surface area (TPSA) is 51.1 Å². The molecule has 26 heavy (non-hydrogen) atoms. The molecular formula is C20H19ClN4O. The monoisotopic (exact) mass is 366 g/mol. The fourth-order valence-electron chi connectivity index (χ4n) is 3.40. The van der Waals surface area contributed by atoms with Crippen molar-refractivity contribution in [2.24, 2.45) is 0 Å². The summed E-state index contributed by atoms with van der Waals surface area (Å²) in [6.07, 6.45) is 3.82. The Hall–Kier alpha value is -2.66. The van der Waals surface area contributed by atoms with Crippen LogP contribution in [0.2, 0.25) is 5.02 Å². The van der Waals surface area contributed by atoms with Crippen LogP contribution in [0.4, 0.5) is 5.95 Å². The van der Waals surface area contributed by atoms with Gasteiger partial charge in [0.1, 0.15) is 5.75 Å². The van der Waals surface area contributed by atoms with E-state index in [1.807, 2.05) is 36.4 Å². The molecule has 0 bridgehead atoms. The minimum absolute atomic E-state index is 0.224. The second kappa shape index (κ2) is 7.30. The number of halogens is 1. The van der Waals surface area contributed by atoms with Gasteiger partial charge in [0.2, 0.25) is 5.95 Å². The lowest BCUT2D eigenvalue weighted by molar-refractivity contribution is 0.413. The lowest BCUT2D eigenvalue weighted by atomic mass is 10.0. The average molecular weight is 367 g/mol. The zero-order chi connectivity index (χ0) is 17.9. The Balaban J connectivity index is 1.67. The highest BCUT2D eigenvalue weighted by atomic mass is 35.5. The number of benzene rings is 2. The number of methoxy groups -OCH3 is 1. The van der Waals surface area contributed by atoms with Crippen LogP contribution in [0.15, 0.2) is 54.7 Å². The molecule has 0 saturated carbocycles. The third kappa shape index (κ3) is 3.35. The van der Waals surface area contributed by atoms with Gasteiger partial charge in [0.15, 0.2) is 0 Å². The van der Waals surface area contributed by atoms with Gasteiger partial charge in [-0.1, -0.05) is 35.9 Å². The van der Waals surface area contributed by atoms with Crippen molar-refractivity contribution in [3.8, 4) is 17.0 Å². The van der Waals surface area contributed by atoms with E-state index >= 15 is 0 Å². The fraction of sp³-hybridized carbons (Fsp3) is 0.250. The standard InChI is InChI=1S/C20H19ClN4O/c1-26-17-8-3-6-15(12-17)19-9-4-10-25(19)20-23-18(13-22-24-20)14-5-2-7-16(21)11-14/h2-3,5-8,11-13,19H,4,9-10H2,1H3/t19-/m0/s1. The van der Waals surface area contributed by atoms with Crippen molar-refractivity contribution in [1.29, 1.82) is 0 Å². The summed E-state index contributed by atoms with van der Waals surface area (Å²) in [7, 11) is 1.69. The van der Waals surface area contributed by atoms with Crippen LogP contribution < -0.4 is 9.64 Å². The lowest BCUT2D eigenvalue weighted by Gasteiger charge is -2.25. The Morgan fingerprint density at radius 3 is 2.88 bits per heavy atom. The van der Waals surface area contributed by atoms with Crippen LogP contribution in [0.25, 0.3) is 11.3 Å². The molecule has 1 saturated heterocycles. The van der Waals surface area contributed by atoms with E-state index in [1.165, 1.54) is 5.56 Å². The number of nitrogens with zero attached hydrogens (tertiary/aromatic N) is 4. The minimum Gasteiger partial charge on any atom is -0.497 e. The molecule has 3 aromatic rings. The molecular weight excluding hydrogens is 348 g/mol. The molecule has 4 rings (SSSR count). The van der Waals surface area contributed by atoms with Crippen molar-refractivity contribution >= 4 is 17.5 Å². The molecule has 6 heteroatoms. The first-order valence-corrected chi connectivity index (χ1v) is 8.98. The Labute approximate surface area is 157 Å². The first kappa shape index (κ1) is 16.8. The molecule has 2 heterocycles. The van der Waals surface area contributed by atoms with Gasteiger partial charge < -0.3 is 9.64 Å². The van der Waals surface area contributed by atoms with Crippen molar-refractivity contribution < 1.29 is 4.74 Å². The SMILES string of the molecule is COc1cccc([C@@H]2CCCN2c2nncc(-c3cccc(Cl)c3)n2)c1. The van der Waals surface area contributed by atoms with Crippen LogP contribution in [0, 0.1) is 0 Å². The highest BCUT2D eigenvalue weighted by Crippen LogP contribution is 2.36. The molecule has 1 aliphatic heterocycles. The zero-order valence-electron chi connectivity index (χ0n) is 14.5. The summed E-state index contributed by atoms with van der Waals surface area (Å²) in [5.41, 5.74) is 2.91. The van der Waals surface area contributed by atoms with Gasteiger partial charge >= 0.3 is 0 Å². The van der Waals surface area contributed by atoms with Crippen molar-refractivity contribution in [1.82, 2.24) is 15.2 Å². The Kier molecular flexibility index (Phi) is 4.71. The van der Waals surface area contributed by atoms with E-state index in [0.29, 0.717) is 11.0 Å². The second-order valence-corrected chi connectivity index (χ2v) is 6.72. The molecule has 0 N–H and O–H groups in total. The molecule has 0 aliphatic carbocycles. The number of hydrogen-bond donors (Lipinski definition) is 0. The predicted octanol–water partition coefficient (Wildman–Crippen LogP) is 4.54. The number of rotatable bonds is 4. The fourth-order valence-corrected chi connectivity index (χ4v) is 3.59. The molecule has 1 aliphatic rings. The maximum absolute atomic E-state index is 6.11. The van der Waals surface area contributed by atoms with Crippen LogP contribution in [-0.4, -0.2) is 28.8 Å². The zero-order valence-corrected chi connectivity index (χ0v) is 15.2. The lowest BCUT2D eigenvalue weighted by Crippen LogP contribution is -2.25. The molecule has 1 fully saturated rings. The summed E-state index contributed by atoms with van der Waals surface area (Å²) in [6.45, 7) is 0.905. The normalized spacial score (nSPS) is 16.7. The van der Waals surface area contributed by atoms with Gasteiger partial charge in [-0.05, 0) is 42.7 Å². The van der Waals surface area contributed by atoms with Crippen LogP contribution in [0.3, 0.4) is 0 Å². The molecule has 0 unspecified atom stereocenters. The maximum atomic E-state index is 6.11. The van der Waals surface area contributed by atoms with Gasteiger partial charge in [-0.3, -0.25) is 0 Å². The Bertz CT molecular complexity index is 918.